The number of aromatic nitrogens is 1. The number of hydrogen-bond acceptors (Lipinski definition) is 2. The van der Waals surface area contributed by atoms with Crippen LogP contribution in [0, 0.1) is 12.7 Å². The van der Waals surface area contributed by atoms with E-state index in [9.17, 15) is 4.39 Å². The summed E-state index contributed by atoms with van der Waals surface area (Å²) < 4.78 is 19.1. The molecular formula is C13H10Br2FNO. The van der Waals surface area contributed by atoms with Crippen LogP contribution in [0.1, 0.15) is 11.1 Å². The van der Waals surface area contributed by atoms with Crippen molar-refractivity contribution in [2.24, 2.45) is 0 Å². The Kier molecular flexibility index (Phi) is 4.35. The van der Waals surface area contributed by atoms with E-state index in [4.69, 9.17) is 4.74 Å². The minimum Gasteiger partial charge on any atom is -0.439 e. The van der Waals surface area contributed by atoms with Crippen molar-refractivity contribution in [3.8, 4) is 11.6 Å². The van der Waals surface area contributed by atoms with E-state index < -0.39 is 0 Å². The monoisotopic (exact) mass is 373 g/mol. The first-order valence-electron chi connectivity index (χ1n) is 5.24. The fraction of sp³-hybridized carbons (Fsp3) is 0.154. The molecule has 0 aliphatic carbocycles. The predicted molar refractivity (Wildman–Crippen MR) is 75.8 cm³/mol. The maximum absolute atomic E-state index is 13.1. The predicted octanol–water partition coefficient (Wildman–Crippen LogP) is 4.98. The van der Waals surface area contributed by atoms with Gasteiger partial charge in [0, 0.05) is 17.1 Å². The van der Waals surface area contributed by atoms with Crippen LogP contribution >= 0.6 is 31.9 Å². The summed E-state index contributed by atoms with van der Waals surface area (Å²) in [4.78, 5) is 4.24. The molecule has 2 aromatic rings. The van der Waals surface area contributed by atoms with Gasteiger partial charge in [0.1, 0.15) is 11.6 Å². The number of hydrogen-bond donors (Lipinski definition) is 0. The minimum absolute atomic E-state index is 0.318. The van der Waals surface area contributed by atoms with Crippen molar-refractivity contribution >= 4 is 31.9 Å². The van der Waals surface area contributed by atoms with Gasteiger partial charge in [-0.1, -0.05) is 15.9 Å². The van der Waals surface area contributed by atoms with Crippen molar-refractivity contribution < 1.29 is 9.13 Å². The average Bonchev–Trinajstić information content (AvgIpc) is 2.36. The van der Waals surface area contributed by atoms with E-state index in [1.165, 1.54) is 6.07 Å². The molecule has 1 aromatic heterocycles. The Morgan fingerprint density at radius 3 is 2.72 bits per heavy atom. The summed E-state index contributed by atoms with van der Waals surface area (Å²) in [5.41, 5.74) is 2.02. The number of alkyl halides is 1. The van der Waals surface area contributed by atoms with E-state index in [0.717, 1.165) is 16.5 Å². The van der Waals surface area contributed by atoms with E-state index >= 15 is 0 Å². The van der Waals surface area contributed by atoms with Gasteiger partial charge in [0.05, 0.1) is 4.47 Å². The van der Waals surface area contributed by atoms with Crippen molar-refractivity contribution in [3.63, 3.8) is 0 Å². The van der Waals surface area contributed by atoms with Crippen LogP contribution in [-0.4, -0.2) is 4.98 Å². The highest BCUT2D eigenvalue weighted by atomic mass is 79.9. The number of aryl methyl sites for hydroxylation is 1. The Balaban J connectivity index is 2.25. The van der Waals surface area contributed by atoms with Gasteiger partial charge in [-0.15, -0.1) is 0 Å². The maximum atomic E-state index is 13.1. The summed E-state index contributed by atoms with van der Waals surface area (Å²) in [5.74, 6) is 0.755. The summed E-state index contributed by atoms with van der Waals surface area (Å²) in [7, 11) is 0. The number of nitrogens with zero attached hydrogens (tertiary/aromatic N) is 1. The molecule has 0 bridgehead atoms. The number of benzene rings is 1. The first-order valence-corrected chi connectivity index (χ1v) is 7.16. The van der Waals surface area contributed by atoms with Gasteiger partial charge in [0.25, 0.3) is 0 Å². The lowest BCUT2D eigenvalue weighted by molar-refractivity contribution is 0.456. The molecule has 2 nitrogen and oxygen atoms in total. The molecule has 5 heteroatoms. The molecule has 0 amide bonds. The molecule has 94 valence electrons. The van der Waals surface area contributed by atoms with Crippen LogP contribution < -0.4 is 4.74 Å². The SMILES string of the molecule is Cc1cc(CBr)cnc1Oc1ccc(F)c(Br)c1. The highest BCUT2D eigenvalue weighted by molar-refractivity contribution is 9.10. The fourth-order valence-electron chi connectivity index (χ4n) is 1.45. The number of halogens is 3. The molecule has 0 N–H and O–H groups in total. The molecule has 0 saturated carbocycles. The van der Waals surface area contributed by atoms with Crippen molar-refractivity contribution in [2.75, 3.05) is 0 Å². The van der Waals surface area contributed by atoms with E-state index in [-0.39, 0.29) is 5.82 Å². The molecular weight excluding hydrogens is 365 g/mol. The second-order valence-electron chi connectivity index (χ2n) is 3.78. The Bertz CT molecular complexity index is 575. The second-order valence-corrected chi connectivity index (χ2v) is 5.19. The van der Waals surface area contributed by atoms with Crippen LogP contribution in [0.3, 0.4) is 0 Å². The van der Waals surface area contributed by atoms with E-state index in [1.54, 1.807) is 18.3 Å². The third kappa shape index (κ3) is 3.09. The molecule has 0 saturated heterocycles. The molecule has 2 rings (SSSR count). The zero-order valence-corrected chi connectivity index (χ0v) is 12.8. The lowest BCUT2D eigenvalue weighted by Gasteiger charge is -2.08. The lowest BCUT2D eigenvalue weighted by atomic mass is 10.2. The van der Waals surface area contributed by atoms with Gasteiger partial charge >= 0.3 is 0 Å². The van der Waals surface area contributed by atoms with Gasteiger partial charge in [-0.3, -0.25) is 0 Å². The molecule has 1 heterocycles. The van der Waals surface area contributed by atoms with E-state index in [0.29, 0.717) is 16.1 Å². The van der Waals surface area contributed by atoms with Crippen LogP contribution in [0.25, 0.3) is 0 Å². The van der Waals surface area contributed by atoms with Gasteiger partial charge in [0.15, 0.2) is 0 Å². The number of ether oxygens (including phenoxy) is 1. The molecule has 0 fully saturated rings. The molecule has 0 spiro atoms. The number of pyridine rings is 1. The highest BCUT2D eigenvalue weighted by Crippen LogP contribution is 2.27. The Morgan fingerprint density at radius 2 is 2.11 bits per heavy atom. The maximum Gasteiger partial charge on any atom is 0.222 e. The molecule has 0 unspecified atom stereocenters. The van der Waals surface area contributed by atoms with Gasteiger partial charge < -0.3 is 4.74 Å². The Morgan fingerprint density at radius 1 is 1.33 bits per heavy atom. The van der Waals surface area contributed by atoms with Crippen molar-refractivity contribution in [2.45, 2.75) is 12.3 Å². The molecule has 18 heavy (non-hydrogen) atoms. The highest BCUT2D eigenvalue weighted by Gasteiger charge is 2.06. The zero-order valence-electron chi connectivity index (χ0n) is 9.58. The van der Waals surface area contributed by atoms with Gasteiger partial charge in [-0.2, -0.15) is 0 Å². The normalized spacial score (nSPS) is 10.4. The fourth-order valence-corrected chi connectivity index (χ4v) is 2.12. The van der Waals surface area contributed by atoms with Crippen LogP contribution in [0.15, 0.2) is 34.9 Å². The molecule has 1 aromatic carbocycles. The smallest absolute Gasteiger partial charge is 0.222 e. The first-order chi connectivity index (χ1) is 8.60. The lowest BCUT2D eigenvalue weighted by Crippen LogP contribution is -1.93. The largest absolute Gasteiger partial charge is 0.439 e. The number of rotatable bonds is 3. The summed E-state index contributed by atoms with van der Waals surface area (Å²) >= 11 is 6.49. The van der Waals surface area contributed by atoms with Crippen LogP contribution in [0.2, 0.25) is 0 Å². The Labute approximate surface area is 121 Å². The van der Waals surface area contributed by atoms with Crippen molar-refractivity contribution in [3.05, 3.63) is 51.9 Å². The average molecular weight is 375 g/mol. The summed E-state index contributed by atoms with van der Waals surface area (Å²) in [6, 6.07) is 6.49. The molecule has 0 radical (unpaired) electrons. The van der Waals surface area contributed by atoms with Crippen LogP contribution in [0.4, 0.5) is 4.39 Å². The third-order valence-corrected chi connectivity index (χ3v) is 3.60. The summed E-state index contributed by atoms with van der Waals surface area (Å²) in [6.07, 6.45) is 1.75. The van der Waals surface area contributed by atoms with Gasteiger partial charge in [-0.05, 0) is 52.7 Å². The van der Waals surface area contributed by atoms with Crippen molar-refractivity contribution in [1.29, 1.82) is 0 Å². The summed E-state index contributed by atoms with van der Waals surface area (Å²) in [5, 5.41) is 0.753. The second kappa shape index (κ2) is 5.80. The third-order valence-electron chi connectivity index (χ3n) is 2.35. The van der Waals surface area contributed by atoms with Crippen molar-refractivity contribution in [1.82, 2.24) is 4.98 Å². The summed E-state index contributed by atoms with van der Waals surface area (Å²) in [6.45, 7) is 1.92. The van der Waals surface area contributed by atoms with Gasteiger partial charge in [0.2, 0.25) is 5.88 Å². The van der Waals surface area contributed by atoms with E-state index in [2.05, 4.69) is 36.8 Å². The molecule has 0 aliphatic heterocycles. The van der Waals surface area contributed by atoms with Gasteiger partial charge in [-0.25, -0.2) is 9.37 Å². The quantitative estimate of drug-likeness (QED) is 0.707. The molecule has 0 atom stereocenters. The topological polar surface area (TPSA) is 22.1 Å². The standard InChI is InChI=1S/C13H10Br2FNO/c1-8-4-9(6-14)7-17-13(8)18-10-2-3-12(16)11(15)5-10/h2-5,7H,6H2,1H3. The van der Waals surface area contributed by atoms with Crippen LogP contribution in [0.5, 0.6) is 11.6 Å². The van der Waals surface area contributed by atoms with E-state index in [1.807, 2.05) is 13.0 Å². The Hall–Kier alpha value is -0.940. The minimum atomic E-state index is -0.318. The molecule has 0 aliphatic rings. The van der Waals surface area contributed by atoms with Crippen LogP contribution in [-0.2, 0) is 5.33 Å². The zero-order chi connectivity index (χ0) is 13.1. The first kappa shape index (κ1) is 13.5.